The van der Waals surface area contributed by atoms with Gasteiger partial charge in [-0.1, -0.05) is 6.08 Å². The maximum atomic E-state index is 14.2. The van der Waals surface area contributed by atoms with Crippen molar-refractivity contribution in [3.8, 4) is 0 Å². The molecule has 1 aliphatic rings. The van der Waals surface area contributed by atoms with Crippen LogP contribution in [0.5, 0.6) is 0 Å². The fourth-order valence-electron chi connectivity index (χ4n) is 2.46. The Morgan fingerprint density at radius 2 is 1.67 bits per heavy atom. The monoisotopic (exact) mass is 385 g/mol. The van der Waals surface area contributed by atoms with E-state index in [1.165, 1.54) is 24.4 Å². The molecule has 27 heavy (non-hydrogen) atoms. The number of rotatable bonds is 3. The number of esters is 2. The summed E-state index contributed by atoms with van der Waals surface area (Å²) in [6, 6.07) is 1.52. The molecule has 0 spiro atoms. The van der Waals surface area contributed by atoms with Crippen LogP contribution in [-0.4, -0.2) is 26.2 Å². The molecule has 0 N–H and O–H groups in total. The van der Waals surface area contributed by atoms with Crippen molar-refractivity contribution in [2.45, 2.75) is 13.1 Å². The average molecular weight is 385 g/mol. The number of carbonyl (C=O) groups is 2. The first kappa shape index (κ1) is 20.2. The molecule has 0 aromatic heterocycles. The van der Waals surface area contributed by atoms with E-state index in [-0.39, 0.29) is 11.3 Å². The molecule has 0 aliphatic carbocycles. The number of nitrogens with zero attached hydrogens (tertiary/aromatic N) is 1. The Balaban J connectivity index is 2.77. The molecule has 0 saturated heterocycles. The highest BCUT2D eigenvalue weighted by molar-refractivity contribution is 6.05. The van der Waals surface area contributed by atoms with Gasteiger partial charge in [-0.05, 0) is 36.8 Å². The predicted molar refractivity (Wildman–Crippen MR) is 88.0 cm³/mol. The maximum Gasteiger partial charge on any atom is 0.416 e. The normalized spacial score (nSPS) is 14.3. The summed E-state index contributed by atoms with van der Waals surface area (Å²) in [5, 5.41) is 0. The Bertz CT molecular complexity index is 869. The van der Waals surface area contributed by atoms with Crippen molar-refractivity contribution < 1.29 is 36.6 Å². The first-order chi connectivity index (χ1) is 12.6. The number of alkyl halides is 3. The minimum Gasteiger partial charge on any atom is -0.465 e. The third-order valence-electron chi connectivity index (χ3n) is 3.80. The van der Waals surface area contributed by atoms with Crippen LogP contribution in [0.25, 0.3) is 0 Å². The van der Waals surface area contributed by atoms with E-state index >= 15 is 0 Å². The number of halogens is 4. The number of benzene rings is 1. The number of methoxy groups -OCH3 is 2. The van der Waals surface area contributed by atoms with Gasteiger partial charge < -0.3 is 14.4 Å². The van der Waals surface area contributed by atoms with Gasteiger partial charge in [0, 0.05) is 11.9 Å². The lowest BCUT2D eigenvalue weighted by Gasteiger charge is -2.24. The molecular weight excluding hydrogens is 370 g/mol. The average Bonchev–Trinajstić information content (AvgIpc) is 2.84. The van der Waals surface area contributed by atoms with Gasteiger partial charge >= 0.3 is 18.1 Å². The van der Waals surface area contributed by atoms with E-state index in [1.54, 1.807) is 0 Å². The second-order valence-corrected chi connectivity index (χ2v) is 5.41. The zero-order valence-electron chi connectivity index (χ0n) is 14.6. The maximum absolute atomic E-state index is 14.2. The first-order valence-electron chi connectivity index (χ1n) is 7.54. The third kappa shape index (κ3) is 4.02. The zero-order valence-corrected chi connectivity index (χ0v) is 14.6. The molecule has 2 rings (SSSR count). The van der Waals surface area contributed by atoms with Crippen LogP contribution >= 0.6 is 0 Å². The molecule has 1 aromatic carbocycles. The molecule has 9 heteroatoms. The van der Waals surface area contributed by atoms with Crippen molar-refractivity contribution >= 4 is 17.6 Å². The van der Waals surface area contributed by atoms with Gasteiger partial charge in [0.15, 0.2) is 0 Å². The van der Waals surface area contributed by atoms with Gasteiger partial charge in [0.05, 0.1) is 25.4 Å². The molecule has 1 aromatic rings. The number of anilines is 1. The summed E-state index contributed by atoms with van der Waals surface area (Å²) >= 11 is 0. The van der Waals surface area contributed by atoms with Gasteiger partial charge in [-0.25, -0.2) is 14.0 Å². The van der Waals surface area contributed by atoms with Crippen molar-refractivity contribution in [2.75, 3.05) is 19.1 Å². The highest BCUT2D eigenvalue weighted by Crippen LogP contribution is 2.37. The zero-order chi connectivity index (χ0) is 20.4. The van der Waals surface area contributed by atoms with Gasteiger partial charge in [-0.3, -0.25) is 0 Å². The molecule has 5 nitrogen and oxygen atoms in total. The summed E-state index contributed by atoms with van der Waals surface area (Å²) in [7, 11) is 2.12. The second kappa shape index (κ2) is 7.65. The van der Waals surface area contributed by atoms with Crippen molar-refractivity contribution in [3.63, 3.8) is 0 Å². The summed E-state index contributed by atoms with van der Waals surface area (Å²) in [5.74, 6) is -3.04. The first-order valence-corrected chi connectivity index (χ1v) is 7.54. The quantitative estimate of drug-likeness (QED) is 0.587. The lowest BCUT2D eigenvalue weighted by atomic mass is 10.1. The summed E-state index contributed by atoms with van der Waals surface area (Å²) in [6.07, 6.45) is 0.385. The molecule has 0 saturated carbocycles. The van der Waals surface area contributed by atoms with E-state index in [0.717, 1.165) is 32.1 Å². The highest BCUT2D eigenvalue weighted by atomic mass is 19.4. The van der Waals surface area contributed by atoms with Gasteiger partial charge in [0.2, 0.25) is 0 Å². The largest absolute Gasteiger partial charge is 0.465 e. The van der Waals surface area contributed by atoms with E-state index < -0.39 is 40.8 Å². The molecule has 144 valence electrons. The van der Waals surface area contributed by atoms with Crippen LogP contribution in [0.4, 0.5) is 23.2 Å². The number of ether oxygens (including phenoxy) is 2. The van der Waals surface area contributed by atoms with Gasteiger partial charge in [-0.15, -0.1) is 0 Å². The van der Waals surface area contributed by atoms with Crippen LogP contribution in [0, 0.1) is 12.7 Å². The lowest BCUT2D eigenvalue weighted by molar-refractivity contribution is -0.139. The van der Waals surface area contributed by atoms with Crippen LogP contribution in [0.1, 0.15) is 11.1 Å². The Morgan fingerprint density at radius 1 is 1.04 bits per heavy atom. The van der Waals surface area contributed by atoms with Crippen molar-refractivity contribution in [1.82, 2.24) is 0 Å². The fraction of sp³-hybridized carbons (Fsp3) is 0.222. The Morgan fingerprint density at radius 3 is 2.22 bits per heavy atom. The van der Waals surface area contributed by atoms with Gasteiger partial charge in [0.25, 0.3) is 0 Å². The smallest absolute Gasteiger partial charge is 0.416 e. The number of hydrogen-bond acceptors (Lipinski definition) is 5. The fourth-order valence-corrected chi connectivity index (χ4v) is 2.46. The van der Waals surface area contributed by atoms with Crippen molar-refractivity contribution in [3.05, 3.63) is 64.8 Å². The Kier molecular flexibility index (Phi) is 5.72. The predicted octanol–water partition coefficient (Wildman–Crippen LogP) is 3.64. The SMILES string of the molecule is COC(=O)C1=C(C(=O)OC)N(c2cc(F)c(C)c(C(F)(F)F)c2)C=CC=C1. The van der Waals surface area contributed by atoms with Crippen LogP contribution in [0.3, 0.4) is 0 Å². The van der Waals surface area contributed by atoms with Gasteiger partial charge in [-0.2, -0.15) is 13.2 Å². The van der Waals surface area contributed by atoms with E-state index in [0.29, 0.717) is 6.07 Å². The van der Waals surface area contributed by atoms with E-state index in [9.17, 15) is 27.2 Å². The molecule has 1 aliphatic heterocycles. The summed E-state index contributed by atoms with van der Waals surface area (Å²) in [5.41, 5.74) is -2.77. The minimum absolute atomic E-state index is 0.260. The highest BCUT2D eigenvalue weighted by Gasteiger charge is 2.35. The van der Waals surface area contributed by atoms with Crippen LogP contribution in [-0.2, 0) is 25.2 Å². The second-order valence-electron chi connectivity index (χ2n) is 5.41. The van der Waals surface area contributed by atoms with E-state index in [1.807, 2.05) is 0 Å². The van der Waals surface area contributed by atoms with E-state index in [2.05, 4.69) is 9.47 Å². The van der Waals surface area contributed by atoms with E-state index in [4.69, 9.17) is 0 Å². The third-order valence-corrected chi connectivity index (χ3v) is 3.80. The standard InChI is InChI=1S/C18H15F4NO4/c1-10-13(18(20,21)22)8-11(9-14(10)19)23-7-5-4-6-12(16(24)26-2)15(23)17(25)27-3/h4-9H,1-3H3. The molecule has 0 fully saturated rings. The number of allylic oxidation sites excluding steroid dienone is 2. The van der Waals surface area contributed by atoms with Crippen molar-refractivity contribution in [1.29, 1.82) is 0 Å². The summed E-state index contributed by atoms with van der Waals surface area (Å²) in [6.45, 7) is 0.999. The molecule has 0 bridgehead atoms. The topological polar surface area (TPSA) is 55.8 Å². The lowest BCUT2D eigenvalue weighted by Crippen LogP contribution is -2.27. The minimum atomic E-state index is -4.81. The Labute approximate surface area is 152 Å². The van der Waals surface area contributed by atoms with Crippen LogP contribution < -0.4 is 4.90 Å². The molecular formula is C18H15F4NO4. The number of hydrogen-bond donors (Lipinski definition) is 0. The van der Waals surface area contributed by atoms with Crippen molar-refractivity contribution in [2.24, 2.45) is 0 Å². The Hall–Kier alpha value is -3.10. The van der Waals surface area contributed by atoms with Crippen LogP contribution in [0.15, 0.2) is 47.8 Å². The summed E-state index contributed by atoms with van der Waals surface area (Å²) < 4.78 is 63.2. The summed E-state index contributed by atoms with van der Waals surface area (Å²) in [4.78, 5) is 25.2. The number of carbonyl (C=O) groups excluding carboxylic acids is 2. The van der Waals surface area contributed by atoms with Crippen LogP contribution in [0.2, 0.25) is 0 Å². The molecule has 0 unspecified atom stereocenters. The molecule has 0 amide bonds. The molecule has 0 atom stereocenters. The molecule has 1 heterocycles. The molecule has 0 radical (unpaired) electrons. The van der Waals surface area contributed by atoms with Gasteiger partial charge in [0.1, 0.15) is 11.5 Å².